The van der Waals surface area contributed by atoms with E-state index in [9.17, 15) is 14.0 Å². The molecule has 1 aromatic heterocycles. The van der Waals surface area contributed by atoms with Crippen LogP contribution in [0.5, 0.6) is 0 Å². The van der Waals surface area contributed by atoms with Crippen LogP contribution < -0.4 is 10.6 Å². The fourth-order valence-electron chi connectivity index (χ4n) is 4.09. The van der Waals surface area contributed by atoms with Crippen LogP contribution in [0.25, 0.3) is 5.69 Å². The number of piperidine rings is 1. The number of likely N-dealkylation sites (tertiary alicyclic amines) is 1. The van der Waals surface area contributed by atoms with Gasteiger partial charge in [0, 0.05) is 18.0 Å². The maximum Gasteiger partial charge on any atom is 0.243 e. The van der Waals surface area contributed by atoms with Gasteiger partial charge in [-0.25, -0.2) is 14.1 Å². The van der Waals surface area contributed by atoms with Gasteiger partial charge in [-0.15, -0.1) is 0 Å². The maximum atomic E-state index is 14.1. The zero-order valence-corrected chi connectivity index (χ0v) is 17.2. The molecule has 0 aliphatic carbocycles. The van der Waals surface area contributed by atoms with E-state index in [4.69, 9.17) is 11.6 Å². The lowest BCUT2D eigenvalue weighted by atomic mass is 10.0. The normalized spacial score (nSPS) is 24.1. The number of carbonyl (C=O) groups excluding carboxylic acids is 2. The van der Waals surface area contributed by atoms with Crippen LogP contribution in [0.3, 0.4) is 0 Å². The summed E-state index contributed by atoms with van der Waals surface area (Å²) in [7, 11) is 0. The Morgan fingerprint density at radius 3 is 2.93 bits per heavy atom. The largest absolute Gasteiger partial charge is 0.350 e. The first-order chi connectivity index (χ1) is 14.5. The Bertz CT molecular complexity index is 903. The number of hydrogen-bond donors (Lipinski definition) is 2. The number of alkyl halides is 1. The molecule has 0 bridgehead atoms. The molecule has 3 atom stereocenters. The fraction of sp³-hybridized carbons (Fsp3) is 0.500. The smallest absolute Gasteiger partial charge is 0.243 e. The number of halogens is 2. The van der Waals surface area contributed by atoms with E-state index in [1.165, 1.54) is 11.2 Å². The summed E-state index contributed by atoms with van der Waals surface area (Å²) in [4.78, 5) is 31.1. The summed E-state index contributed by atoms with van der Waals surface area (Å²) in [5, 5.41) is 10.7. The summed E-state index contributed by atoms with van der Waals surface area (Å²) in [5.74, 6) is -0.565. The average Bonchev–Trinajstić information content (AvgIpc) is 3.42. The molecule has 2 saturated heterocycles. The molecule has 2 aliphatic rings. The Kier molecular flexibility index (Phi) is 6.29. The van der Waals surface area contributed by atoms with E-state index >= 15 is 0 Å². The summed E-state index contributed by atoms with van der Waals surface area (Å²) >= 11 is 6.12. The summed E-state index contributed by atoms with van der Waals surface area (Å²) in [6.45, 7) is 0.891. The van der Waals surface area contributed by atoms with Crippen molar-refractivity contribution >= 4 is 23.4 Å². The van der Waals surface area contributed by atoms with Crippen molar-refractivity contribution in [1.29, 1.82) is 0 Å². The Hall–Kier alpha value is -2.52. The van der Waals surface area contributed by atoms with Crippen LogP contribution in [-0.4, -0.2) is 62.8 Å². The minimum Gasteiger partial charge on any atom is -0.350 e. The van der Waals surface area contributed by atoms with Crippen molar-refractivity contribution in [2.24, 2.45) is 0 Å². The molecule has 10 heteroatoms. The molecule has 2 fully saturated rings. The highest BCUT2D eigenvalue weighted by atomic mass is 35.5. The molecule has 1 aromatic carbocycles. The maximum absolute atomic E-state index is 14.1. The number of amides is 2. The number of carbonyl (C=O) groups is 2. The predicted molar refractivity (Wildman–Crippen MR) is 109 cm³/mol. The molecule has 2 N–H and O–H groups in total. The van der Waals surface area contributed by atoms with Crippen molar-refractivity contribution in [1.82, 2.24) is 30.3 Å². The van der Waals surface area contributed by atoms with Gasteiger partial charge in [0.2, 0.25) is 11.8 Å². The lowest BCUT2D eigenvalue weighted by Crippen LogP contribution is -2.53. The van der Waals surface area contributed by atoms with E-state index in [0.29, 0.717) is 11.4 Å². The first kappa shape index (κ1) is 20.7. The quantitative estimate of drug-likeness (QED) is 0.746. The summed E-state index contributed by atoms with van der Waals surface area (Å²) in [5.41, 5.74) is 1.47. The first-order valence-corrected chi connectivity index (χ1v) is 10.5. The molecule has 0 radical (unpaired) electrons. The lowest BCUT2D eigenvalue weighted by molar-refractivity contribution is -0.140. The molecule has 30 heavy (non-hydrogen) atoms. The molecular formula is C20H24ClFN6O2. The highest BCUT2D eigenvalue weighted by Crippen LogP contribution is 2.24. The van der Waals surface area contributed by atoms with E-state index in [0.717, 1.165) is 30.6 Å². The van der Waals surface area contributed by atoms with Crippen LogP contribution in [0, 0.1) is 0 Å². The van der Waals surface area contributed by atoms with E-state index < -0.39 is 12.2 Å². The number of rotatable bonds is 5. The van der Waals surface area contributed by atoms with E-state index in [2.05, 4.69) is 20.7 Å². The molecule has 2 unspecified atom stereocenters. The Labute approximate surface area is 178 Å². The zero-order valence-electron chi connectivity index (χ0n) is 16.4. The molecule has 160 valence electrons. The van der Waals surface area contributed by atoms with Gasteiger partial charge in [-0.1, -0.05) is 18.0 Å². The Balaban J connectivity index is 1.45. The predicted octanol–water partition coefficient (Wildman–Crippen LogP) is 1.62. The van der Waals surface area contributed by atoms with Gasteiger partial charge in [-0.2, -0.15) is 5.10 Å². The van der Waals surface area contributed by atoms with Gasteiger partial charge in [-0.05, 0) is 43.1 Å². The standard InChI is InChI=1S/C20H24ClFN6O2/c21-14-4-5-17(28-12-23-11-26-28)13(7-14)9-25-19(29)18-8-15(22)10-27(18)20(30)16-3-1-2-6-24-16/h4-5,7,11-12,15-16,18,24H,1-3,6,8-10H2,(H,25,29)/t15-,16?,18?/m1/s1. The molecule has 4 rings (SSSR count). The van der Waals surface area contributed by atoms with E-state index in [1.54, 1.807) is 29.2 Å². The van der Waals surface area contributed by atoms with Crippen LogP contribution in [0.15, 0.2) is 30.9 Å². The third-order valence-corrected chi connectivity index (χ3v) is 5.84. The SMILES string of the molecule is O=C(NCc1cc(Cl)ccc1-n1cncn1)C1C[C@@H](F)CN1C(=O)C1CCCCN1. The zero-order chi connectivity index (χ0) is 21.1. The minimum atomic E-state index is -1.20. The van der Waals surface area contributed by atoms with Crippen LogP contribution in [-0.2, 0) is 16.1 Å². The van der Waals surface area contributed by atoms with Gasteiger partial charge < -0.3 is 15.5 Å². The number of aromatic nitrogens is 3. The topological polar surface area (TPSA) is 92.2 Å². The molecule has 0 saturated carbocycles. The van der Waals surface area contributed by atoms with Gasteiger partial charge in [0.05, 0.1) is 18.3 Å². The van der Waals surface area contributed by atoms with Gasteiger partial charge in [-0.3, -0.25) is 9.59 Å². The molecular weight excluding hydrogens is 411 g/mol. The highest BCUT2D eigenvalue weighted by Gasteiger charge is 2.41. The molecule has 8 nitrogen and oxygen atoms in total. The van der Waals surface area contributed by atoms with Crippen molar-refractivity contribution in [2.45, 2.75) is 50.5 Å². The second-order valence-corrected chi connectivity index (χ2v) is 8.11. The van der Waals surface area contributed by atoms with Crippen molar-refractivity contribution in [2.75, 3.05) is 13.1 Å². The van der Waals surface area contributed by atoms with E-state index in [-0.39, 0.29) is 37.4 Å². The number of nitrogens with zero attached hydrogens (tertiary/aromatic N) is 4. The van der Waals surface area contributed by atoms with Crippen LogP contribution in [0.4, 0.5) is 4.39 Å². The van der Waals surface area contributed by atoms with Crippen molar-refractivity contribution < 1.29 is 14.0 Å². The summed E-state index contributed by atoms with van der Waals surface area (Å²) in [6.07, 6.45) is 4.46. The Morgan fingerprint density at radius 1 is 1.33 bits per heavy atom. The van der Waals surface area contributed by atoms with E-state index in [1.807, 2.05) is 0 Å². The van der Waals surface area contributed by atoms with Gasteiger partial charge in [0.15, 0.2) is 0 Å². The molecule has 0 spiro atoms. The third-order valence-electron chi connectivity index (χ3n) is 5.60. The number of nitrogens with one attached hydrogen (secondary N) is 2. The van der Waals surface area contributed by atoms with Crippen LogP contribution in [0.2, 0.25) is 5.02 Å². The Morgan fingerprint density at radius 2 is 2.20 bits per heavy atom. The second kappa shape index (κ2) is 9.09. The van der Waals surface area contributed by atoms with Crippen molar-refractivity contribution in [3.8, 4) is 5.69 Å². The molecule has 2 amide bonds. The number of hydrogen-bond acceptors (Lipinski definition) is 5. The summed E-state index contributed by atoms with van der Waals surface area (Å²) in [6, 6.07) is 4.10. The lowest BCUT2D eigenvalue weighted by Gasteiger charge is -2.30. The van der Waals surface area contributed by atoms with Crippen LogP contribution >= 0.6 is 11.6 Å². The summed E-state index contributed by atoms with van der Waals surface area (Å²) < 4.78 is 15.7. The van der Waals surface area contributed by atoms with Crippen LogP contribution in [0.1, 0.15) is 31.2 Å². The first-order valence-electron chi connectivity index (χ1n) is 10.1. The third kappa shape index (κ3) is 4.46. The molecule has 2 aliphatic heterocycles. The monoisotopic (exact) mass is 434 g/mol. The average molecular weight is 435 g/mol. The van der Waals surface area contributed by atoms with Gasteiger partial charge in [0.1, 0.15) is 24.9 Å². The second-order valence-electron chi connectivity index (χ2n) is 7.67. The minimum absolute atomic E-state index is 0.00969. The number of benzene rings is 1. The van der Waals surface area contributed by atoms with Gasteiger partial charge in [0.25, 0.3) is 0 Å². The molecule has 3 heterocycles. The molecule has 2 aromatic rings. The van der Waals surface area contributed by atoms with Crippen molar-refractivity contribution in [3.63, 3.8) is 0 Å². The van der Waals surface area contributed by atoms with Gasteiger partial charge >= 0.3 is 0 Å². The highest BCUT2D eigenvalue weighted by molar-refractivity contribution is 6.30. The fourth-order valence-corrected chi connectivity index (χ4v) is 4.29. The van der Waals surface area contributed by atoms with Crippen molar-refractivity contribution in [3.05, 3.63) is 41.4 Å².